The van der Waals surface area contributed by atoms with Crippen LogP contribution in [0.2, 0.25) is 0 Å². The molecule has 0 saturated carbocycles. The van der Waals surface area contributed by atoms with Crippen molar-refractivity contribution in [3.05, 3.63) is 53.7 Å². The van der Waals surface area contributed by atoms with Gasteiger partial charge in [-0.05, 0) is 42.8 Å². The molecule has 3 aromatic rings. The van der Waals surface area contributed by atoms with E-state index in [1.165, 1.54) is 0 Å². The summed E-state index contributed by atoms with van der Waals surface area (Å²) in [4.78, 5) is 7.71. The number of hydrogen-bond acceptors (Lipinski definition) is 2. The molecule has 0 unspecified atom stereocenters. The summed E-state index contributed by atoms with van der Waals surface area (Å²) in [6.45, 7) is 2.05. The molecule has 0 aliphatic rings. The number of pyridine rings is 1. The van der Waals surface area contributed by atoms with Gasteiger partial charge in [-0.25, -0.2) is 0 Å². The normalized spacial score (nSPS) is 10.4. The number of nitrogens with zero attached hydrogens (tertiary/aromatic N) is 2. The van der Waals surface area contributed by atoms with E-state index >= 15 is 0 Å². The molecule has 1 N–H and O–H groups in total. The van der Waals surface area contributed by atoms with Crippen LogP contribution < -0.4 is 0 Å². The number of rotatable bonds is 1. The summed E-state index contributed by atoms with van der Waals surface area (Å²) in [5, 5.41) is 10.0. The molecule has 18 heavy (non-hydrogen) atoms. The van der Waals surface area contributed by atoms with Gasteiger partial charge in [-0.2, -0.15) is 5.26 Å². The van der Waals surface area contributed by atoms with Crippen molar-refractivity contribution in [2.24, 2.45) is 0 Å². The Bertz CT molecular complexity index is 748. The van der Waals surface area contributed by atoms with Crippen molar-refractivity contribution in [2.75, 3.05) is 0 Å². The SMILES string of the molecule is Cc1c(-c2ccccn2)[nH]c2ccc(C#N)cc12. The minimum atomic E-state index is 0.678. The number of nitriles is 1. The van der Waals surface area contributed by atoms with Crippen molar-refractivity contribution in [3.63, 3.8) is 0 Å². The summed E-state index contributed by atoms with van der Waals surface area (Å²) in [7, 11) is 0. The molecular weight excluding hydrogens is 222 g/mol. The smallest absolute Gasteiger partial charge is 0.0991 e. The molecule has 0 saturated heterocycles. The molecule has 0 fully saturated rings. The van der Waals surface area contributed by atoms with Crippen molar-refractivity contribution in [1.82, 2.24) is 9.97 Å². The molecule has 0 radical (unpaired) electrons. The van der Waals surface area contributed by atoms with Gasteiger partial charge in [-0.1, -0.05) is 6.07 Å². The highest BCUT2D eigenvalue weighted by Crippen LogP contribution is 2.28. The predicted molar refractivity (Wildman–Crippen MR) is 71.0 cm³/mol. The molecule has 2 heterocycles. The topological polar surface area (TPSA) is 52.5 Å². The van der Waals surface area contributed by atoms with Gasteiger partial charge < -0.3 is 4.98 Å². The van der Waals surface area contributed by atoms with Crippen molar-refractivity contribution >= 4 is 10.9 Å². The van der Waals surface area contributed by atoms with Gasteiger partial charge in [0.15, 0.2) is 0 Å². The Morgan fingerprint density at radius 2 is 2.11 bits per heavy atom. The molecule has 3 rings (SSSR count). The maximum atomic E-state index is 8.94. The first-order chi connectivity index (χ1) is 8.79. The van der Waals surface area contributed by atoms with Gasteiger partial charge in [0.25, 0.3) is 0 Å². The lowest BCUT2D eigenvalue weighted by atomic mass is 10.1. The summed E-state index contributed by atoms with van der Waals surface area (Å²) < 4.78 is 0. The number of hydrogen-bond donors (Lipinski definition) is 1. The highest BCUT2D eigenvalue weighted by atomic mass is 14.8. The second kappa shape index (κ2) is 4.01. The lowest BCUT2D eigenvalue weighted by Crippen LogP contribution is -1.83. The predicted octanol–water partition coefficient (Wildman–Crippen LogP) is 3.41. The van der Waals surface area contributed by atoms with Crippen LogP contribution in [0.3, 0.4) is 0 Å². The standard InChI is InChI=1S/C15H11N3/c1-10-12-8-11(9-16)5-6-13(12)18-15(10)14-4-2-3-7-17-14/h2-8,18H,1H3. The fourth-order valence-corrected chi connectivity index (χ4v) is 2.16. The molecule has 3 heteroatoms. The number of H-pyrrole nitrogens is 1. The van der Waals surface area contributed by atoms with Crippen LogP contribution in [0.4, 0.5) is 0 Å². The van der Waals surface area contributed by atoms with Crippen molar-refractivity contribution in [3.8, 4) is 17.5 Å². The molecule has 0 spiro atoms. The Morgan fingerprint density at radius 3 is 2.83 bits per heavy atom. The van der Waals surface area contributed by atoms with E-state index in [1.54, 1.807) is 6.20 Å². The van der Waals surface area contributed by atoms with Gasteiger partial charge in [0.05, 0.1) is 23.0 Å². The van der Waals surface area contributed by atoms with Gasteiger partial charge in [-0.3, -0.25) is 4.98 Å². The van der Waals surface area contributed by atoms with E-state index in [1.807, 2.05) is 43.3 Å². The quantitative estimate of drug-likeness (QED) is 0.700. The zero-order valence-corrected chi connectivity index (χ0v) is 9.94. The number of aromatic amines is 1. The molecular formula is C15H11N3. The van der Waals surface area contributed by atoms with E-state index < -0.39 is 0 Å². The van der Waals surface area contributed by atoms with Crippen LogP contribution in [0, 0.1) is 18.3 Å². The average molecular weight is 233 g/mol. The largest absolute Gasteiger partial charge is 0.353 e. The Morgan fingerprint density at radius 1 is 1.22 bits per heavy atom. The Balaban J connectivity index is 2.27. The van der Waals surface area contributed by atoms with E-state index in [0.717, 1.165) is 27.9 Å². The molecule has 0 aliphatic carbocycles. The zero-order valence-electron chi connectivity index (χ0n) is 9.94. The Hall–Kier alpha value is -2.60. The molecule has 3 nitrogen and oxygen atoms in total. The number of benzene rings is 1. The Labute approximate surface area is 105 Å². The van der Waals surface area contributed by atoms with Crippen LogP contribution >= 0.6 is 0 Å². The van der Waals surface area contributed by atoms with Crippen molar-refractivity contribution < 1.29 is 0 Å². The molecule has 1 aromatic carbocycles. The van der Waals surface area contributed by atoms with Gasteiger partial charge in [-0.15, -0.1) is 0 Å². The molecule has 0 bridgehead atoms. The summed E-state index contributed by atoms with van der Waals surface area (Å²) in [5.41, 5.74) is 4.77. The number of fused-ring (bicyclic) bond motifs is 1. The van der Waals surface area contributed by atoms with E-state index in [4.69, 9.17) is 5.26 Å². The first-order valence-corrected chi connectivity index (χ1v) is 5.73. The number of aryl methyl sites for hydroxylation is 1. The maximum absolute atomic E-state index is 8.94. The maximum Gasteiger partial charge on any atom is 0.0991 e. The summed E-state index contributed by atoms with van der Waals surface area (Å²) in [6, 6.07) is 13.7. The highest BCUT2D eigenvalue weighted by molar-refractivity contribution is 5.90. The first-order valence-electron chi connectivity index (χ1n) is 5.73. The lowest BCUT2D eigenvalue weighted by Gasteiger charge is -1.98. The Kier molecular flexibility index (Phi) is 2.35. The third-order valence-electron chi connectivity index (χ3n) is 3.11. The first kappa shape index (κ1) is 10.5. The minimum Gasteiger partial charge on any atom is -0.353 e. The van der Waals surface area contributed by atoms with E-state index in [9.17, 15) is 0 Å². The highest BCUT2D eigenvalue weighted by Gasteiger charge is 2.10. The summed E-state index contributed by atoms with van der Waals surface area (Å²) >= 11 is 0. The van der Waals surface area contributed by atoms with Gasteiger partial charge >= 0.3 is 0 Å². The zero-order chi connectivity index (χ0) is 12.5. The molecule has 0 aliphatic heterocycles. The third-order valence-corrected chi connectivity index (χ3v) is 3.11. The monoisotopic (exact) mass is 233 g/mol. The lowest BCUT2D eigenvalue weighted by molar-refractivity contribution is 1.28. The molecule has 2 aromatic heterocycles. The van der Waals surface area contributed by atoms with Crippen LogP contribution in [0.5, 0.6) is 0 Å². The van der Waals surface area contributed by atoms with Gasteiger partial charge in [0.2, 0.25) is 0 Å². The van der Waals surface area contributed by atoms with Crippen molar-refractivity contribution in [2.45, 2.75) is 6.92 Å². The van der Waals surface area contributed by atoms with Gasteiger partial charge in [0, 0.05) is 17.1 Å². The van der Waals surface area contributed by atoms with Crippen LogP contribution in [0.25, 0.3) is 22.3 Å². The molecule has 86 valence electrons. The van der Waals surface area contributed by atoms with Crippen LogP contribution in [-0.4, -0.2) is 9.97 Å². The van der Waals surface area contributed by atoms with E-state index in [-0.39, 0.29) is 0 Å². The third kappa shape index (κ3) is 1.56. The average Bonchev–Trinajstić information content (AvgIpc) is 2.77. The number of aromatic nitrogens is 2. The van der Waals surface area contributed by atoms with Crippen LogP contribution in [-0.2, 0) is 0 Å². The minimum absolute atomic E-state index is 0.678. The summed E-state index contributed by atoms with van der Waals surface area (Å²) in [5.74, 6) is 0. The molecule has 0 atom stereocenters. The fourth-order valence-electron chi connectivity index (χ4n) is 2.16. The van der Waals surface area contributed by atoms with Gasteiger partial charge in [0.1, 0.15) is 0 Å². The second-order valence-electron chi connectivity index (χ2n) is 4.21. The molecule has 0 amide bonds. The second-order valence-corrected chi connectivity index (χ2v) is 4.21. The van der Waals surface area contributed by atoms with Crippen LogP contribution in [0.1, 0.15) is 11.1 Å². The van der Waals surface area contributed by atoms with E-state index in [2.05, 4.69) is 16.0 Å². The summed E-state index contributed by atoms with van der Waals surface area (Å²) in [6.07, 6.45) is 1.78. The van der Waals surface area contributed by atoms with E-state index in [0.29, 0.717) is 5.56 Å². The fraction of sp³-hybridized carbons (Fsp3) is 0.0667. The van der Waals surface area contributed by atoms with Crippen molar-refractivity contribution in [1.29, 1.82) is 5.26 Å². The van der Waals surface area contributed by atoms with Crippen LogP contribution in [0.15, 0.2) is 42.6 Å². The number of nitrogens with one attached hydrogen (secondary N) is 1.